The van der Waals surface area contributed by atoms with Crippen molar-refractivity contribution in [3.63, 3.8) is 0 Å². The molecule has 372 valence electrons. The van der Waals surface area contributed by atoms with Gasteiger partial charge >= 0.3 is 18.2 Å². The van der Waals surface area contributed by atoms with Crippen LogP contribution in [0.25, 0.3) is 0 Å². The van der Waals surface area contributed by atoms with E-state index < -0.39 is 77.9 Å². The monoisotopic (exact) mass is 956 g/mol. The number of hydroxylamine groups is 1. The fraction of sp³-hybridized carbons (Fsp3) is 0.340. The molecule has 0 spiro atoms. The molecular formula is C50H64N6O13. The second-order valence-corrected chi connectivity index (χ2v) is 15.3. The lowest BCUT2D eigenvalue weighted by molar-refractivity contribution is -0.150. The molecule has 4 rings (SSSR count). The Morgan fingerprint density at radius 1 is 0.449 bits per heavy atom. The van der Waals surface area contributed by atoms with Crippen LogP contribution in [0, 0.1) is 0 Å². The van der Waals surface area contributed by atoms with Crippen molar-refractivity contribution in [2.45, 2.75) is 111 Å². The molecular weight excluding hydrogens is 893 g/mol. The number of rotatable bonds is 21. The second kappa shape index (κ2) is 32.0. The lowest BCUT2D eigenvalue weighted by atomic mass is 10.0. The van der Waals surface area contributed by atoms with E-state index in [0.717, 1.165) is 16.7 Å². The molecule has 19 heteroatoms. The van der Waals surface area contributed by atoms with Crippen LogP contribution in [-0.4, -0.2) is 99.8 Å². The molecule has 0 saturated carbocycles. The van der Waals surface area contributed by atoms with E-state index >= 15 is 0 Å². The molecule has 8 N–H and O–H groups in total. The van der Waals surface area contributed by atoms with Crippen molar-refractivity contribution in [1.29, 1.82) is 0 Å². The first-order valence-electron chi connectivity index (χ1n) is 21.4. The van der Waals surface area contributed by atoms with Gasteiger partial charge in [-0.25, -0.2) is 14.4 Å². The Kier molecular flexibility index (Phi) is 27.5. The molecule has 0 saturated heterocycles. The van der Waals surface area contributed by atoms with Crippen LogP contribution in [0.1, 0.15) is 71.2 Å². The maximum atomic E-state index is 12.7. The van der Waals surface area contributed by atoms with Gasteiger partial charge in [0.05, 0.1) is 12.1 Å². The van der Waals surface area contributed by atoms with Gasteiger partial charge in [0, 0.05) is 12.8 Å². The number of carbonyl (C=O) groups excluding carboxylic acids is 8. The van der Waals surface area contributed by atoms with Crippen molar-refractivity contribution in [2.75, 3.05) is 0 Å². The minimum absolute atomic E-state index is 0. The Bertz CT molecular complexity index is 2250. The highest BCUT2D eigenvalue weighted by Crippen LogP contribution is 2.08. The third-order valence-electron chi connectivity index (χ3n) is 9.69. The minimum atomic E-state index is -1.64. The summed E-state index contributed by atoms with van der Waals surface area (Å²) in [5.41, 5.74) is 4.95. The van der Waals surface area contributed by atoms with Gasteiger partial charge in [0.1, 0.15) is 43.2 Å². The zero-order chi connectivity index (χ0) is 50.6. The smallest absolute Gasteiger partial charge is 0.408 e. The molecule has 4 aromatic carbocycles. The number of aliphatic carboxylic acids is 1. The van der Waals surface area contributed by atoms with Crippen molar-refractivity contribution >= 4 is 53.2 Å². The number of nitrogens with one attached hydrogen (secondary N) is 6. The van der Waals surface area contributed by atoms with Crippen molar-refractivity contribution in [3.05, 3.63) is 144 Å². The van der Waals surface area contributed by atoms with Crippen LogP contribution in [0.2, 0.25) is 0 Å². The Morgan fingerprint density at radius 2 is 0.783 bits per heavy atom. The fourth-order valence-electron chi connectivity index (χ4n) is 5.38. The van der Waals surface area contributed by atoms with E-state index in [4.69, 9.17) is 19.8 Å². The molecule has 69 heavy (non-hydrogen) atoms. The van der Waals surface area contributed by atoms with Crippen molar-refractivity contribution in [3.8, 4) is 0 Å². The van der Waals surface area contributed by atoms with Crippen molar-refractivity contribution < 1.29 is 62.9 Å². The Morgan fingerprint density at radius 3 is 1.10 bits per heavy atom. The minimum Gasteiger partial charge on any atom is -0.475 e. The number of carboxylic acid groups (broad SMARTS) is 1. The van der Waals surface area contributed by atoms with E-state index in [1.165, 1.54) is 27.7 Å². The predicted octanol–water partition coefficient (Wildman–Crippen LogP) is 4.38. The molecule has 19 nitrogen and oxygen atoms in total. The molecule has 4 aromatic rings. The molecule has 5 amide bonds. The second-order valence-electron chi connectivity index (χ2n) is 15.3. The SMILES string of the molecule is C.CC(=O)[C@H](C)NC(=O)[C@H](Cc1ccccc1)NC(=O)[C@H](C)NC(=O)OCc1ccccc1.CC(=O)[C@H](C)NO.C[C@H](NC(=O)OCc1ccccc1)C(=O)N[C@@H](Cc1ccccc1)C(=O)C(=O)O. The molecule has 0 radical (unpaired) electrons. The van der Waals surface area contributed by atoms with Crippen LogP contribution in [0.5, 0.6) is 0 Å². The molecule has 6 atom stereocenters. The van der Waals surface area contributed by atoms with Gasteiger partial charge < -0.3 is 46.4 Å². The van der Waals surface area contributed by atoms with Gasteiger partial charge in [0.15, 0.2) is 5.78 Å². The Balaban J connectivity index is 0.000000600. The Labute approximate surface area is 402 Å². The molecule has 0 heterocycles. The summed E-state index contributed by atoms with van der Waals surface area (Å²) in [6, 6.07) is 30.8. The molecule has 0 aromatic heterocycles. The third kappa shape index (κ3) is 24.0. The summed E-state index contributed by atoms with van der Waals surface area (Å²) in [7, 11) is 0. The molecule has 0 bridgehead atoms. The molecule has 0 aliphatic carbocycles. The van der Waals surface area contributed by atoms with Gasteiger partial charge in [-0.05, 0) is 63.8 Å². The maximum Gasteiger partial charge on any atom is 0.408 e. The zero-order valence-electron chi connectivity index (χ0n) is 38.7. The summed E-state index contributed by atoms with van der Waals surface area (Å²) < 4.78 is 10.2. The fourth-order valence-corrected chi connectivity index (χ4v) is 5.38. The number of carboxylic acids is 1. The molecule has 0 fully saturated rings. The standard InChI is InChI=1S/C24H29N3O5.C21H22N2O6.C4H9NO2.CH4/c1-16(18(3)28)25-23(30)21(14-19-10-6-4-7-11-19)27-22(29)17(2)26-24(31)32-15-20-12-8-5-9-13-20;1-14(22-21(28)29-13-16-10-6-3-7-11-16)19(25)23-17(18(24)20(26)27)12-15-8-4-2-5-9-15;1-3(5-7)4(2)6;/h4-13,16-17,21H,14-15H2,1-3H3,(H,25,30)(H,26,31)(H,27,29);2-11,14,17H,12-13H2,1H3,(H,22,28)(H,23,25)(H,26,27);3,5,7H,1-2H3;1H4/t16-,17-,21-;14-,17-;3-;/m000./s1. The quantitative estimate of drug-likeness (QED) is 0.0425. The maximum absolute atomic E-state index is 12.7. The lowest BCUT2D eigenvalue weighted by Crippen LogP contribution is -2.55. The normalized spacial score (nSPS) is 12.7. The lowest BCUT2D eigenvalue weighted by Gasteiger charge is -2.22. The number of hydrogen-bond acceptors (Lipinski definition) is 13. The summed E-state index contributed by atoms with van der Waals surface area (Å²) in [4.78, 5) is 106. The number of amides is 5. The first-order chi connectivity index (χ1) is 32.3. The van der Waals surface area contributed by atoms with E-state index in [1.54, 1.807) is 68.4 Å². The summed E-state index contributed by atoms with van der Waals surface area (Å²) in [5, 5.41) is 29.5. The van der Waals surface area contributed by atoms with E-state index in [1.807, 2.05) is 72.2 Å². The summed E-state index contributed by atoms with van der Waals surface area (Å²) in [5.74, 6) is -4.77. The van der Waals surface area contributed by atoms with Gasteiger partial charge in [0.25, 0.3) is 5.78 Å². The summed E-state index contributed by atoms with van der Waals surface area (Å²) in [6.07, 6.45) is -1.30. The number of alkyl carbamates (subject to hydrolysis) is 2. The van der Waals surface area contributed by atoms with Crippen LogP contribution in [0.3, 0.4) is 0 Å². The topological polar surface area (TPSA) is 285 Å². The third-order valence-corrected chi connectivity index (χ3v) is 9.69. The average molecular weight is 957 g/mol. The number of benzene rings is 4. The predicted molar refractivity (Wildman–Crippen MR) is 255 cm³/mol. The van der Waals surface area contributed by atoms with Crippen LogP contribution >= 0.6 is 0 Å². The van der Waals surface area contributed by atoms with Gasteiger partial charge in [-0.1, -0.05) is 129 Å². The van der Waals surface area contributed by atoms with E-state index in [2.05, 4.69) is 26.6 Å². The number of ketones is 3. The van der Waals surface area contributed by atoms with Crippen LogP contribution in [0.4, 0.5) is 9.59 Å². The average Bonchev–Trinajstić information content (AvgIpc) is 3.33. The number of ether oxygens (including phenoxy) is 2. The van der Waals surface area contributed by atoms with Gasteiger partial charge in [-0.15, -0.1) is 0 Å². The van der Waals surface area contributed by atoms with Gasteiger partial charge in [-0.3, -0.25) is 28.8 Å². The number of carbonyl (C=O) groups is 9. The molecule has 0 aliphatic heterocycles. The number of Topliss-reactive ketones (excluding diaryl/α,β-unsaturated/α-hetero) is 3. The zero-order valence-corrected chi connectivity index (χ0v) is 38.7. The first-order valence-corrected chi connectivity index (χ1v) is 21.4. The van der Waals surface area contributed by atoms with E-state index in [0.29, 0.717) is 5.56 Å². The van der Waals surface area contributed by atoms with Crippen LogP contribution in [0.15, 0.2) is 121 Å². The summed E-state index contributed by atoms with van der Waals surface area (Å²) in [6.45, 7) is 8.96. The van der Waals surface area contributed by atoms with E-state index in [9.17, 15) is 43.2 Å². The molecule has 0 unspecified atom stereocenters. The van der Waals surface area contributed by atoms with Gasteiger partial charge in [-0.2, -0.15) is 5.48 Å². The molecule has 0 aliphatic rings. The van der Waals surface area contributed by atoms with Gasteiger partial charge in [0.2, 0.25) is 17.7 Å². The van der Waals surface area contributed by atoms with Crippen LogP contribution in [-0.2, 0) is 69.1 Å². The van der Waals surface area contributed by atoms with Crippen molar-refractivity contribution in [1.82, 2.24) is 32.1 Å². The van der Waals surface area contributed by atoms with E-state index in [-0.39, 0.29) is 45.0 Å². The summed E-state index contributed by atoms with van der Waals surface area (Å²) >= 11 is 0. The largest absolute Gasteiger partial charge is 0.475 e. The Hall–Kier alpha value is -7.77. The van der Waals surface area contributed by atoms with Crippen molar-refractivity contribution in [2.24, 2.45) is 0 Å². The highest BCUT2D eigenvalue weighted by Gasteiger charge is 2.29. The highest BCUT2D eigenvalue weighted by molar-refractivity contribution is 6.35. The number of hydrogen-bond donors (Lipinski definition) is 8. The van der Waals surface area contributed by atoms with Crippen LogP contribution < -0.4 is 32.1 Å². The highest BCUT2D eigenvalue weighted by atomic mass is 16.6. The first kappa shape index (κ1) is 59.2.